The van der Waals surface area contributed by atoms with Crippen LogP contribution in [-0.2, 0) is 17.8 Å². The Morgan fingerprint density at radius 3 is 2.61 bits per heavy atom. The average Bonchev–Trinajstić information content (AvgIpc) is 3.32. The van der Waals surface area contributed by atoms with E-state index in [1.54, 1.807) is 12.5 Å². The summed E-state index contributed by atoms with van der Waals surface area (Å²) in [7, 11) is 1.87. The van der Waals surface area contributed by atoms with Gasteiger partial charge in [-0.3, -0.25) is 9.59 Å². The largest absolute Gasteiger partial charge is 0.345 e. The van der Waals surface area contributed by atoms with E-state index >= 15 is 0 Å². The maximum atomic E-state index is 13.1. The normalized spacial score (nSPS) is 18.3. The molecule has 0 saturated carbocycles. The lowest BCUT2D eigenvalue weighted by molar-refractivity contribution is -0.126. The topological polar surface area (TPSA) is 71.3 Å². The summed E-state index contributed by atoms with van der Waals surface area (Å²) in [6, 6.07) is 12.2. The third kappa shape index (κ3) is 3.80. The van der Waals surface area contributed by atoms with Crippen LogP contribution in [-0.4, -0.2) is 62.8 Å². The van der Waals surface area contributed by atoms with E-state index in [0.717, 1.165) is 43.5 Å². The first kappa shape index (κ1) is 19.7. The first-order valence-electron chi connectivity index (χ1n) is 10.9. The molecule has 1 aromatic carbocycles. The number of aromatic nitrogens is 3. The fourth-order valence-corrected chi connectivity index (χ4v) is 4.93. The molecule has 160 valence electrons. The number of nitrogens with zero attached hydrogens (tertiary/aromatic N) is 5. The minimum Gasteiger partial charge on any atom is -0.345 e. The lowest BCUT2D eigenvalue weighted by atomic mass is 9.77. The molecule has 0 unspecified atom stereocenters. The number of benzene rings is 1. The second kappa shape index (κ2) is 7.80. The monoisotopic (exact) mass is 417 g/mol. The summed E-state index contributed by atoms with van der Waals surface area (Å²) >= 11 is 0. The van der Waals surface area contributed by atoms with Gasteiger partial charge in [-0.05, 0) is 30.9 Å². The van der Waals surface area contributed by atoms with Crippen molar-refractivity contribution in [1.29, 1.82) is 0 Å². The van der Waals surface area contributed by atoms with Crippen LogP contribution < -0.4 is 0 Å². The number of rotatable bonds is 4. The molecule has 3 aromatic rings. The Labute approximate surface area is 181 Å². The highest BCUT2D eigenvalue weighted by molar-refractivity contribution is 5.96. The summed E-state index contributed by atoms with van der Waals surface area (Å²) < 4.78 is 2.04. The van der Waals surface area contributed by atoms with Crippen molar-refractivity contribution in [3.05, 3.63) is 60.0 Å². The molecule has 2 amide bonds. The highest BCUT2D eigenvalue weighted by Gasteiger charge is 2.44. The minimum absolute atomic E-state index is 0.000707. The van der Waals surface area contributed by atoms with Crippen LogP contribution in [0.25, 0.3) is 11.2 Å². The summed E-state index contributed by atoms with van der Waals surface area (Å²) in [5, 5.41) is 0. The summed E-state index contributed by atoms with van der Waals surface area (Å²) in [4.78, 5) is 37.8. The number of aryl methyl sites for hydroxylation is 2. The van der Waals surface area contributed by atoms with Gasteiger partial charge < -0.3 is 14.4 Å². The van der Waals surface area contributed by atoms with Gasteiger partial charge in [-0.1, -0.05) is 30.3 Å². The maximum Gasteiger partial charge on any atom is 0.255 e. The van der Waals surface area contributed by atoms with Gasteiger partial charge >= 0.3 is 0 Å². The number of likely N-dealkylation sites (tertiary alicyclic amines) is 2. The number of carbonyl (C=O) groups excluding carboxylic acids is 2. The molecule has 0 atom stereocenters. The number of piperidine rings is 1. The third-order valence-corrected chi connectivity index (χ3v) is 6.82. The molecule has 7 heteroatoms. The Morgan fingerprint density at radius 2 is 1.90 bits per heavy atom. The molecule has 2 aliphatic heterocycles. The molecule has 31 heavy (non-hydrogen) atoms. The first-order valence-corrected chi connectivity index (χ1v) is 10.9. The number of hydrogen-bond acceptors (Lipinski definition) is 4. The van der Waals surface area contributed by atoms with E-state index in [9.17, 15) is 9.59 Å². The molecule has 7 nitrogen and oxygen atoms in total. The summed E-state index contributed by atoms with van der Waals surface area (Å²) in [6.45, 7) is 2.97. The zero-order valence-electron chi connectivity index (χ0n) is 17.8. The summed E-state index contributed by atoms with van der Waals surface area (Å²) in [5.74, 6) is 0.220. The quantitative estimate of drug-likeness (QED) is 0.654. The van der Waals surface area contributed by atoms with Crippen LogP contribution in [0.5, 0.6) is 0 Å². The molecule has 0 N–H and O–H groups in total. The molecule has 0 radical (unpaired) electrons. The highest BCUT2D eigenvalue weighted by Crippen LogP contribution is 2.40. The van der Waals surface area contributed by atoms with Crippen molar-refractivity contribution in [2.24, 2.45) is 5.41 Å². The molecule has 0 aliphatic carbocycles. The van der Waals surface area contributed by atoms with Gasteiger partial charge in [0.2, 0.25) is 5.91 Å². The Hall–Kier alpha value is -3.22. The average molecular weight is 418 g/mol. The molecule has 2 saturated heterocycles. The van der Waals surface area contributed by atoms with Gasteiger partial charge in [0, 0.05) is 51.3 Å². The van der Waals surface area contributed by atoms with E-state index < -0.39 is 0 Å². The highest BCUT2D eigenvalue weighted by atomic mass is 16.2. The van der Waals surface area contributed by atoms with E-state index in [4.69, 9.17) is 0 Å². The van der Waals surface area contributed by atoms with Crippen LogP contribution in [0.4, 0.5) is 0 Å². The summed E-state index contributed by atoms with van der Waals surface area (Å²) in [6.07, 6.45) is 6.73. The van der Waals surface area contributed by atoms with Crippen LogP contribution >= 0.6 is 0 Å². The molecule has 4 heterocycles. The van der Waals surface area contributed by atoms with E-state index in [1.165, 1.54) is 5.56 Å². The van der Waals surface area contributed by atoms with Crippen LogP contribution in [0.3, 0.4) is 0 Å². The van der Waals surface area contributed by atoms with Crippen LogP contribution in [0.15, 0.2) is 48.9 Å². The Kier molecular flexibility index (Phi) is 4.96. The molecule has 2 aromatic heterocycles. The predicted octanol–water partition coefficient (Wildman–Crippen LogP) is 2.76. The molecule has 2 fully saturated rings. The van der Waals surface area contributed by atoms with E-state index in [2.05, 4.69) is 22.1 Å². The van der Waals surface area contributed by atoms with E-state index in [0.29, 0.717) is 25.1 Å². The third-order valence-electron chi connectivity index (χ3n) is 6.82. The zero-order chi connectivity index (χ0) is 21.4. The number of carbonyl (C=O) groups is 2. The van der Waals surface area contributed by atoms with Gasteiger partial charge in [-0.15, -0.1) is 0 Å². The fraction of sp³-hybridized carbons (Fsp3) is 0.417. The molecule has 0 bridgehead atoms. The molecule has 1 spiro atoms. The Morgan fingerprint density at radius 1 is 1.13 bits per heavy atom. The van der Waals surface area contributed by atoms with E-state index in [-0.39, 0.29) is 17.2 Å². The van der Waals surface area contributed by atoms with Gasteiger partial charge in [0.25, 0.3) is 5.91 Å². The van der Waals surface area contributed by atoms with Gasteiger partial charge in [-0.25, -0.2) is 9.97 Å². The minimum atomic E-state index is 0.000707. The van der Waals surface area contributed by atoms with Gasteiger partial charge in [-0.2, -0.15) is 0 Å². The van der Waals surface area contributed by atoms with Gasteiger partial charge in [0.1, 0.15) is 5.52 Å². The van der Waals surface area contributed by atoms with Crippen LogP contribution in [0.2, 0.25) is 0 Å². The SMILES string of the molecule is CN1CC2(CCN(C(=O)c3cnc4c(c3)ncn4CCc3ccccc3)CC2)CC1=O. The Balaban J connectivity index is 1.25. The maximum absolute atomic E-state index is 13.1. The molecular formula is C24H27N5O2. The number of fused-ring (bicyclic) bond motifs is 1. The van der Waals surface area contributed by atoms with Crippen molar-refractivity contribution in [2.45, 2.75) is 32.2 Å². The first-order chi connectivity index (χ1) is 15.0. The fourth-order valence-electron chi connectivity index (χ4n) is 4.93. The van der Waals surface area contributed by atoms with Crippen LogP contribution in [0, 0.1) is 5.41 Å². The predicted molar refractivity (Wildman–Crippen MR) is 117 cm³/mol. The Bertz CT molecular complexity index is 1120. The van der Waals surface area contributed by atoms with Crippen molar-refractivity contribution in [1.82, 2.24) is 24.3 Å². The summed E-state index contributed by atoms with van der Waals surface area (Å²) in [5.41, 5.74) is 3.45. The lowest BCUT2D eigenvalue weighted by Gasteiger charge is -2.38. The van der Waals surface area contributed by atoms with Gasteiger partial charge in [0.05, 0.1) is 11.9 Å². The van der Waals surface area contributed by atoms with E-state index in [1.807, 2.05) is 45.7 Å². The smallest absolute Gasteiger partial charge is 0.255 e. The second-order valence-electron chi connectivity index (χ2n) is 8.96. The van der Waals surface area contributed by atoms with Crippen molar-refractivity contribution < 1.29 is 9.59 Å². The van der Waals surface area contributed by atoms with Crippen molar-refractivity contribution in [2.75, 3.05) is 26.7 Å². The lowest BCUT2D eigenvalue weighted by Crippen LogP contribution is -2.44. The number of pyridine rings is 1. The zero-order valence-corrected chi connectivity index (χ0v) is 17.8. The number of hydrogen-bond donors (Lipinski definition) is 0. The number of amides is 2. The molecule has 5 rings (SSSR count). The van der Waals surface area contributed by atoms with Crippen molar-refractivity contribution in [3.63, 3.8) is 0 Å². The van der Waals surface area contributed by atoms with Crippen molar-refractivity contribution >= 4 is 23.0 Å². The standard InChI is InChI=1S/C24H27N5O2/c1-27-16-24(14-21(27)30)8-11-28(12-9-24)23(31)19-13-20-22(25-15-19)29(17-26-20)10-7-18-5-3-2-4-6-18/h2-6,13,15,17H,7-12,14,16H2,1H3. The van der Waals surface area contributed by atoms with Crippen LogP contribution in [0.1, 0.15) is 35.2 Å². The van der Waals surface area contributed by atoms with Gasteiger partial charge in [0.15, 0.2) is 5.65 Å². The van der Waals surface area contributed by atoms with Crippen molar-refractivity contribution in [3.8, 4) is 0 Å². The molecule has 2 aliphatic rings. The second-order valence-corrected chi connectivity index (χ2v) is 8.96. The number of imidazole rings is 1. The molecular weight excluding hydrogens is 390 g/mol.